The zero-order chi connectivity index (χ0) is 30.8. The van der Waals surface area contributed by atoms with Crippen LogP contribution in [-0.2, 0) is 0 Å². The van der Waals surface area contributed by atoms with E-state index in [1.54, 1.807) is 0 Å². The molecule has 0 aromatic rings. The third-order valence-corrected chi connectivity index (χ3v) is 9.72. The Kier molecular flexibility index (Phi) is 33.7. The number of unbranched alkanes of at least 4 members (excludes halogenated alkanes) is 30. The lowest BCUT2D eigenvalue weighted by Crippen LogP contribution is -2.44. The number of aliphatic hydroxyl groups is 3. The average Bonchev–Trinajstić information content (AvgIpc) is 3.00. The molecule has 0 aliphatic rings. The van der Waals surface area contributed by atoms with Crippen molar-refractivity contribution in [3.8, 4) is 0 Å². The highest BCUT2D eigenvalue weighted by molar-refractivity contribution is 4.86. The Bertz CT molecular complexity index is 458. The van der Waals surface area contributed by atoms with E-state index in [4.69, 9.17) is 0 Å². The monoisotopic (exact) mass is 597 g/mol. The van der Waals surface area contributed by atoms with Crippen LogP contribution in [0, 0.1) is 0 Å². The first kappa shape index (κ1) is 41.9. The molecule has 0 radical (unpaired) electrons. The van der Waals surface area contributed by atoms with E-state index in [0.29, 0.717) is 12.8 Å². The maximum atomic E-state index is 11.1. The van der Waals surface area contributed by atoms with E-state index >= 15 is 0 Å². The quantitative estimate of drug-likeness (QED) is 0.0630. The fourth-order valence-corrected chi connectivity index (χ4v) is 6.59. The van der Waals surface area contributed by atoms with Crippen molar-refractivity contribution in [2.75, 3.05) is 6.61 Å². The molecule has 3 heteroatoms. The highest BCUT2D eigenvalue weighted by atomic mass is 16.4. The lowest BCUT2D eigenvalue weighted by atomic mass is 9.85. The zero-order valence-corrected chi connectivity index (χ0v) is 29.2. The number of hydrogen-bond acceptors (Lipinski definition) is 3. The molecule has 0 amide bonds. The Morgan fingerprint density at radius 1 is 0.357 bits per heavy atom. The van der Waals surface area contributed by atoms with Gasteiger partial charge in [-0.25, -0.2) is 0 Å². The second-order valence-corrected chi connectivity index (χ2v) is 13.9. The maximum Gasteiger partial charge on any atom is 0.106 e. The molecule has 3 N–H and O–H groups in total. The van der Waals surface area contributed by atoms with Gasteiger partial charge in [0.1, 0.15) is 6.10 Å². The Morgan fingerprint density at radius 3 is 0.738 bits per heavy atom. The molecule has 254 valence electrons. The molecular weight excluding hydrogens is 516 g/mol. The van der Waals surface area contributed by atoms with E-state index in [2.05, 4.69) is 13.8 Å². The molecule has 1 unspecified atom stereocenters. The summed E-state index contributed by atoms with van der Waals surface area (Å²) >= 11 is 0. The first-order valence-electron chi connectivity index (χ1n) is 19.6. The maximum absolute atomic E-state index is 11.1. The van der Waals surface area contributed by atoms with Crippen molar-refractivity contribution in [1.82, 2.24) is 0 Å². The minimum atomic E-state index is -1.11. The summed E-state index contributed by atoms with van der Waals surface area (Å²) in [5, 5.41) is 31.0. The molecule has 0 saturated heterocycles. The molecule has 0 bridgehead atoms. The van der Waals surface area contributed by atoms with Crippen molar-refractivity contribution in [2.24, 2.45) is 0 Å². The van der Waals surface area contributed by atoms with E-state index in [1.165, 1.54) is 180 Å². The number of aliphatic hydroxyl groups excluding tert-OH is 2. The molecule has 0 rings (SSSR count). The molecule has 0 spiro atoms. The standard InChI is InChI=1S/C39H80O3/c1-3-5-7-9-11-13-15-17-19-21-23-25-27-29-31-33-35-39(42,38(41)37-40)36-34-32-30-28-26-24-22-20-18-16-14-12-10-8-6-4-2/h38,40-42H,3-37H2,1-2H3. The zero-order valence-electron chi connectivity index (χ0n) is 29.2. The number of hydrogen-bond donors (Lipinski definition) is 3. The van der Waals surface area contributed by atoms with Gasteiger partial charge in [-0.3, -0.25) is 0 Å². The summed E-state index contributed by atoms with van der Waals surface area (Å²) in [5.74, 6) is 0. The average molecular weight is 597 g/mol. The third kappa shape index (κ3) is 28.6. The van der Waals surface area contributed by atoms with Crippen LogP contribution in [0.4, 0.5) is 0 Å². The van der Waals surface area contributed by atoms with Crippen molar-refractivity contribution < 1.29 is 15.3 Å². The number of rotatable bonds is 36. The summed E-state index contributed by atoms with van der Waals surface area (Å²) < 4.78 is 0. The van der Waals surface area contributed by atoms with Crippen molar-refractivity contribution in [1.29, 1.82) is 0 Å². The van der Waals surface area contributed by atoms with Crippen molar-refractivity contribution in [3.63, 3.8) is 0 Å². The topological polar surface area (TPSA) is 60.7 Å². The summed E-state index contributed by atoms with van der Waals surface area (Å²) in [7, 11) is 0. The lowest BCUT2D eigenvalue weighted by Gasteiger charge is -2.32. The van der Waals surface area contributed by atoms with Gasteiger partial charge in [0.25, 0.3) is 0 Å². The van der Waals surface area contributed by atoms with Crippen LogP contribution in [0.3, 0.4) is 0 Å². The second kappa shape index (κ2) is 33.8. The molecule has 0 fully saturated rings. The van der Waals surface area contributed by atoms with Gasteiger partial charge in [-0.1, -0.05) is 219 Å². The predicted octanol–water partition coefficient (Wildman–Crippen LogP) is 12.4. The van der Waals surface area contributed by atoms with Gasteiger partial charge in [0.05, 0.1) is 12.2 Å². The van der Waals surface area contributed by atoms with E-state index in [1.807, 2.05) is 0 Å². The Morgan fingerprint density at radius 2 is 0.548 bits per heavy atom. The van der Waals surface area contributed by atoms with Gasteiger partial charge < -0.3 is 15.3 Å². The summed E-state index contributed by atoms with van der Waals surface area (Å²) in [6, 6.07) is 0. The van der Waals surface area contributed by atoms with Gasteiger partial charge >= 0.3 is 0 Å². The Balaban J connectivity index is 3.61. The molecular formula is C39H80O3. The van der Waals surface area contributed by atoms with Crippen LogP contribution in [0.25, 0.3) is 0 Å². The predicted molar refractivity (Wildman–Crippen MR) is 186 cm³/mol. The fourth-order valence-electron chi connectivity index (χ4n) is 6.59. The summed E-state index contributed by atoms with van der Waals surface area (Å²) in [5.41, 5.74) is -1.11. The Hall–Kier alpha value is -0.120. The van der Waals surface area contributed by atoms with Gasteiger partial charge in [0.2, 0.25) is 0 Å². The largest absolute Gasteiger partial charge is 0.394 e. The summed E-state index contributed by atoms with van der Waals surface area (Å²) in [4.78, 5) is 0. The van der Waals surface area contributed by atoms with Gasteiger partial charge in [-0.15, -0.1) is 0 Å². The van der Waals surface area contributed by atoms with Gasteiger partial charge in [0.15, 0.2) is 0 Å². The molecule has 0 heterocycles. The van der Waals surface area contributed by atoms with Gasteiger partial charge in [-0.05, 0) is 12.8 Å². The first-order valence-corrected chi connectivity index (χ1v) is 19.6. The second-order valence-electron chi connectivity index (χ2n) is 13.9. The van der Waals surface area contributed by atoms with Gasteiger partial charge in [-0.2, -0.15) is 0 Å². The Labute approximate surface area is 265 Å². The van der Waals surface area contributed by atoms with Crippen molar-refractivity contribution >= 4 is 0 Å². The smallest absolute Gasteiger partial charge is 0.106 e. The van der Waals surface area contributed by atoms with E-state index < -0.39 is 11.7 Å². The molecule has 42 heavy (non-hydrogen) atoms. The van der Waals surface area contributed by atoms with Crippen molar-refractivity contribution in [2.45, 2.75) is 244 Å². The minimum Gasteiger partial charge on any atom is -0.394 e. The normalized spacial score (nSPS) is 12.8. The summed E-state index contributed by atoms with van der Waals surface area (Å²) in [6.45, 7) is 4.23. The molecule has 3 nitrogen and oxygen atoms in total. The van der Waals surface area contributed by atoms with Crippen LogP contribution in [0.15, 0.2) is 0 Å². The van der Waals surface area contributed by atoms with E-state index in [0.717, 1.165) is 25.7 Å². The highest BCUT2D eigenvalue weighted by Crippen LogP contribution is 2.27. The molecule has 1 atom stereocenters. The van der Waals surface area contributed by atoms with Crippen molar-refractivity contribution in [3.05, 3.63) is 0 Å². The fraction of sp³-hybridized carbons (Fsp3) is 1.00. The summed E-state index contributed by atoms with van der Waals surface area (Å²) in [6.07, 6.45) is 43.0. The van der Waals surface area contributed by atoms with E-state index in [9.17, 15) is 15.3 Å². The highest BCUT2D eigenvalue weighted by Gasteiger charge is 2.33. The first-order chi connectivity index (χ1) is 20.6. The molecule has 0 aromatic carbocycles. The van der Waals surface area contributed by atoms with Crippen LogP contribution >= 0.6 is 0 Å². The SMILES string of the molecule is CCCCCCCCCCCCCCCCCCC(O)(CCCCCCCCCCCCCCCCCC)C(O)CO. The third-order valence-electron chi connectivity index (χ3n) is 9.72. The van der Waals surface area contributed by atoms with E-state index in [-0.39, 0.29) is 6.61 Å². The van der Waals surface area contributed by atoms with Gasteiger partial charge in [0, 0.05) is 0 Å². The van der Waals surface area contributed by atoms with Crippen LogP contribution in [0.1, 0.15) is 232 Å². The van der Waals surface area contributed by atoms with Crippen LogP contribution in [-0.4, -0.2) is 33.6 Å². The molecule has 0 saturated carbocycles. The van der Waals surface area contributed by atoms with Crippen LogP contribution < -0.4 is 0 Å². The molecule has 0 aliphatic carbocycles. The lowest BCUT2D eigenvalue weighted by molar-refractivity contribution is -0.106. The minimum absolute atomic E-state index is 0.339. The van der Waals surface area contributed by atoms with Crippen LogP contribution in [0.2, 0.25) is 0 Å². The molecule has 0 aliphatic heterocycles. The van der Waals surface area contributed by atoms with Crippen LogP contribution in [0.5, 0.6) is 0 Å². The molecule has 0 aromatic heterocycles.